The summed E-state index contributed by atoms with van der Waals surface area (Å²) < 4.78 is 5.94. The summed E-state index contributed by atoms with van der Waals surface area (Å²) in [7, 11) is 2.02. The summed E-state index contributed by atoms with van der Waals surface area (Å²) in [5.74, 6) is 0.934. The van der Waals surface area contributed by atoms with Crippen molar-refractivity contribution < 1.29 is 9.53 Å². The van der Waals surface area contributed by atoms with Crippen LogP contribution in [0.1, 0.15) is 5.56 Å². The topological polar surface area (TPSA) is 29.5 Å². The Morgan fingerprint density at radius 2 is 2.00 bits per heavy atom. The molecule has 1 aromatic carbocycles. The minimum absolute atomic E-state index is 0.0208. The molecule has 0 saturated carbocycles. The summed E-state index contributed by atoms with van der Waals surface area (Å²) in [5.41, 5.74) is 0.980. The zero-order valence-corrected chi connectivity index (χ0v) is 9.80. The molecule has 0 radical (unpaired) electrons. The summed E-state index contributed by atoms with van der Waals surface area (Å²) in [6.45, 7) is 1.64. The third-order valence-electron chi connectivity index (χ3n) is 3.42. The van der Waals surface area contributed by atoms with Gasteiger partial charge in [0.25, 0.3) is 0 Å². The Bertz CT molecular complexity index is 466. The van der Waals surface area contributed by atoms with Crippen LogP contribution < -0.4 is 0 Å². The van der Waals surface area contributed by atoms with E-state index in [9.17, 15) is 4.79 Å². The maximum Gasteiger partial charge on any atom is 0.167 e. The van der Waals surface area contributed by atoms with Crippen LogP contribution in [0.15, 0.2) is 36.4 Å². The highest BCUT2D eigenvalue weighted by Crippen LogP contribution is 2.31. The Morgan fingerprint density at radius 3 is 2.76 bits per heavy atom. The minimum Gasteiger partial charge on any atom is -0.488 e. The van der Waals surface area contributed by atoms with E-state index >= 15 is 0 Å². The molecule has 1 aromatic rings. The maximum atomic E-state index is 12.0. The first kappa shape index (κ1) is 10.5. The first-order valence-electron chi connectivity index (χ1n) is 5.90. The molecule has 3 rings (SSSR count). The Labute approximate surface area is 101 Å². The molecule has 0 aromatic heterocycles. The molecule has 1 saturated heterocycles. The van der Waals surface area contributed by atoms with Gasteiger partial charge >= 0.3 is 0 Å². The Morgan fingerprint density at radius 1 is 1.24 bits per heavy atom. The van der Waals surface area contributed by atoms with E-state index in [0.29, 0.717) is 5.76 Å². The van der Waals surface area contributed by atoms with Crippen LogP contribution in [0.5, 0.6) is 0 Å². The number of carbonyl (C=O) groups excluding carboxylic acids is 1. The molecule has 0 N–H and O–H groups in total. The summed E-state index contributed by atoms with van der Waals surface area (Å²) in [4.78, 5) is 14.2. The van der Waals surface area contributed by atoms with Crippen LogP contribution in [0, 0.1) is 5.92 Å². The number of carbonyl (C=O) groups is 1. The summed E-state index contributed by atoms with van der Waals surface area (Å²) in [6, 6.07) is 9.81. The smallest absolute Gasteiger partial charge is 0.167 e. The Kier molecular flexibility index (Phi) is 2.48. The average Bonchev–Trinajstić information content (AvgIpc) is 2.71. The molecule has 0 bridgehead atoms. The fourth-order valence-corrected chi connectivity index (χ4v) is 2.54. The van der Waals surface area contributed by atoms with Crippen LogP contribution in [0.4, 0.5) is 0 Å². The molecule has 2 aliphatic heterocycles. The third kappa shape index (κ3) is 1.87. The van der Waals surface area contributed by atoms with Gasteiger partial charge in [0.15, 0.2) is 5.78 Å². The fraction of sp³-hybridized carbons (Fsp3) is 0.357. The third-order valence-corrected chi connectivity index (χ3v) is 3.42. The Balaban J connectivity index is 1.90. The van der Waals surface area contributed by atoms with Crippen molar-refractivity contribution in [3.63, 3.8) is 0 Å². The highest BCUT2D eigenvalue weighted by atomic mass is 16.5. The maximum absolute atomic E-state index is 12.0. The van der Waals surface area contributed by atoms with Crippen molar-refractivity contribution in [1.29, 1.82) is 0 Å². The number of hydrogen-bond acceptors (Lipinski definition) is 3. The molecule has 17 heavy (non-hydrogen) atoms. The van der Waals surface area contributed by atoms with Gasteiger partial charge in [-0.1, -0.05) is 30.3 Å². The van der Waals surface area contributed by atoms with Crippen LogP contribution >= 0.6 is 0 Å². The molecule has 3 heteroatoms. The summed E-state index contributed by atoms with van der Waals surface area (Å²) >= 11 is 0. The zero-order chi connectivity index (χ0) is 11.8. The molecule has 0 spiro atoms. The molecule has 0 amide bonds. The van der Waals surface area contributed by atoms with Gasteiger partial charge in [0.2, 0.25) is 0 Å². The van der Waals surface area contributed by atoms with Crippen LogP contribution in [0.2, 0.25) is 0 Å². The summed E-state index contributed by atoms with van der Waals surface area (Å²) in [5, 5.41) is 0. The van der Waals surface area contributed by atoms with Gasteiger partial charge in [-0.25, -0.2) is 0 Å². The van der Waals surface area contributed by atoms with E-state index in [2.05, 4.69) is 4.90 Å². The lowest BCUT2D eigenvalue weighted by atomic mass is 9.96. The van der Waals surface area contributed by atoms with Gasteiger partial charge in [-0.05, 0) is 7.05 Å². The number of benzene rings is 1. The molecule has 2 atom stereocenters. The van der Waals surface area contributed by atoms with E-state index in [1.165, 1.54) is 0 Å². The van der Waals surface area contributed by atoms with Gasteiger partial charge in [-0.15, -0.1) is 0 Å². The van der Waals surface area contributed by atoms with Gasteiger partial charge in [-0.3, -0.25) is 4.79 Å². The van der Waals surface area contributed by atoms with Crippen LogP contribution in [0.25, 0.3) is 5.76 Å². The number of allylic oxidation sites excluding steroid dienone is 1. The SMILES string of the molecule is CN1C[C@@H]2OC(c3ccccc3)=CC(=O)[C@@H]2C1. The molecule has 1 fully saturated rings. The van der Waals surface area contributed by atoms with Crippen molar-refractivity contribution in [2.24, 2.45) is 5.92 Å². The van der Waals surface area contributed by atoms with E-state index in [1.807, 2.05) is 37.4 Å². The number of likely N-dealkylation sites (tertiary alicyclic amines) is 1. The van der Waals surface area contributed by atoms with Crippen molar-refractivity contribution in [3.05, 3.63) is 42.0 Å². The van der Waals surface area contributed by atoms with Crippen molar-refractivity contribution >= 4 is 11.5 Å². The number of rotatable bonds is 1. The predicted octanol–water partition coefficient (Wildman–Crippen LogP) is 1.56. The zero-order valence-electron chi connectivity index (χ0n) is 9.80. The number of ether oxygens (including phenoxy) is 1. The molecule has 0 unspecified atom stereocenters. The number of nitrogens with zero attached hydrogens (tertiary/aromatic N) is 1. The minimum atomic E-state index is 0.0208. The fourth-order valence-electron chi connectivity index (χ4n) is 2.54. The second kappa shape index (κ2) is 4.00. The largest absolute Gasteiger partial charge is 0.488 e. The van der Waals surface area contributed by atoms with E-state index < -0.39 is 0 Å². The molecule has 88 valence electrons. The Hall–Kier alpha value is -1.61. The van der Waals surface area contributed by atoms with Crippen molar-refractivity contribution in [2.45, 2.75) is 6.10 Å². The standard InChI is InChI=1S/C14H15NO2/c1-15-8-11-12(16)7-13(17-14(11)9-15)10-5-3-2-4-6-10/h2-7,11,14H,8-9H2,1H3/t11-,14-/m0/s1. The number of hydrogen-bond donors (Lipinski definition) is 0. The normalized spacial score (nSPS) is 28.5. The van der Waals surface area contributed by atoms with Crippen LogP contribution in [-0.2, 0) is 9.53 Å². The van der Waals surface area contributed by atoms with Crippen LogP contribution in [-0.4, -0.2) is 36.9 Å². The molecule has 2 aliphatic rings. The quantitative estimate of drug-likeness (QED) is 0.732. The van der Waals surface area contributed by atoms with Crippen molar-refractivity contribution in [3.8, 4) is 0 Å². The van der Waals surface area contributed by atoms with Gasteiger partial charge in [0.1, 0.15) is 11.9 Å². The van der Waals surface area contributed by atoms with E-state index in [1.54, 1.807) is 6.08 Å². The van der Waals surface area contributed by atoms with Gasteiger partial charge in [0.05, 0.1) is 5.92 Å². The van der Waals surface area contributed by atoms with Gasteiger partial charge in [0, 0.05) is 24.7 Å². The number of ketones is 1. The molecular weight excluding hydrogens is 214 g/mol. The summed E-state index contributed by atoms with van der Waals surface area (Å²) in [6.07, 6.45) is 1.67. The lowest BCUT2D eigenvalue weighted by Crippen LogP contribution is -2.31. The molecular formula is C14H15NO2. The van der Waals surface area contributed by atoms with Crippen LogP contribution in [0.3, 0.4) is 0 Å². The number of fused-ring (bicyclic) bond motifs is 1. The van der Waals surface area contributed by atoms with Crippen molar-refractivity contribution in [2.75, 3.05) is 20.1 Å². The second-order valence-electron chi connectivity index (χ2n) is 4.76. The van der Waals surface area contributed by atoms with E-state index in [0.717, 1.165) is 18.7 Å². The van der Waals surface area contributed by atoms with Gasteiger partial charge < -0.3 is 9.64 Å². The first-order valence-corrected chi connectivity index (χ1v) is 5.90. The van der Waals surface area contributed by atoms with Gasteiger partial charge in [-0.2, -0.15) is 0 Å². The second-order valence-corrected chi connectivity index (χ2v) is 4.76. The number of likely N-dealkylation sites (N-methyl/N-ethyl adjacent to an activating group) is 1. The predicted molar refractivity (Wildman–Crippen MR) is 65.3 cm³/mol. The molecule has 2 heterocycles. The average molecular weight is 229 g/mol. The first-order chi connectivity index (χ1) is 8.24. The lowest BCUT2D eigenvalue weighted by molar-refractivity contribution is -0.121. The highest BCUT2D eigenvalue weighted by Gasteiger charge is 2.40. The van der Waals surface area contributed by atoms with E-state index in [4.69, 9.17) is 4.74 Å². The van der Waals surface area contributed by atoms with E-state index in [-0.39, 0.29) is 17.8 Å². The van der Waals surface area contributed by atoms with Crippen molar-refractivity contribution in [1.82, 2.24) is 4.90 Å². The molecule has 3 nitrogen and oxygen atoms in total. The molecule has 0 aliphatic carbocycles. The lowest BCUT2D eigenvalue weighted by Gasteiger charge is -2.25. The monoisotopic (exact) mass is 229 g/mol. The highest BCUT2D eigenvalue weighted by molar-refractivity contribution is 5.99.